The van der Waals surface area contributed by atoms with Crippen LogP contribution in [0.4, 0.5) is 0 Å². The number of hydrogen-bond donors (Lipinski definition) is 0. The Kier molecular flexibility index (Phi) is 0.888. The lowest BCUT2D eigenvalue weighted by Crippen LogP contribution is -1.92. The van der Waals surface area contributed by atoms with Gasteiger partial charge in [0.25, 0.3) is 0 Å². The van der Waals surface area contributed by atoms with Crippen molar-refractivity contribution in [2.45, 2.75) is 6.92 Å². The molecule has 0 amide bonds. The van der Waals surface area contributed by atoms with Crippen LogP contribution >= 0.6 is 19.7 Å². The van der Waals surface area contributed by atoms with Crippen molar-refractivity contribution in [3.05, 3.63) is 10.5 Å². The summed E-state index contributed by atoms with van der Waals surface area (Å²) in [5.41, 5.74) is 1.12. The van der Waals surface area contributed by atoms with E-state index in [1.807, 2.05) is 0 Å². The fourth-order valence-electron chi connectivity index (χ4n) is 0.907. The molecule has 0 aliphatic carbocycles. The molecule has 1 nitrogen and oxygen atoms in total. The highest BCUT2D eigenvalue weighted by Crippen LogP contribution is 2.73. The highest BCUT2D eigenvalue weighted by molar-refractivity contribution is 7.64. The Morgan fingerprint density at radius 2 is 2.62 bits per heavy atom. The van der Waals surface area contributed by atoms with E-state index < -0.39 is 0 Å². The van der Waals surface area contributed by atoms with Crippen LogP contribution in [-0.4, -0.2) is 6.16 Å². The summed E-state index contributed by atoms with van der Waals surface area (Å²) in [7, 11) is -0.129. The zero-order valence-electron chi connectivity index (χ0n) is 4.52. The molecule has 0 spiro atoms. The molecule has 0 saturated carbocycles. The Bertz CT molecular complexity index is 166. The van der Waals surface area contributed by atoms with E-state index in [1.165, 1.54) is 6.16 Å². The van der Waals surface area contributed by atoms with Crippen molar-refractivity contribution >= 4 is 19.7 Å². The van der Waals surface area contributed by atoms with E-state index in [0.29, 0.717) is 5.92 Å². The minimum Gasteiger partial charge on any atom is -0.461 e. The molecule has 2 unspecified atom stereocenters. The van der Waals surface area contributed by atoms with Crippen molar-refractivity contribution in [1.29, 1.82) is 0 Å². The van der Waals surface area contributed by atoms with Gasteiger partial charge in [-0.1, -0.05) is 18.5 Å². The second-order valence-corrected chi connectivity index (χ2v) is 4.32. The van der Waals surface area contributed by atoms with Gasteiger partial charge in [0.1, 0.15) is 0 Å². The molecule has 0 N–H and O–H groups in total. The molecule has 0 bridgehead atoms. The van der Waals surface area contributed by atoms with Crippen molar-refractivity contribution in [1.82, 2.24) is 0 Å². The molecule has 0 radical (unpaired) electrons. The molecule has 2 aliphatic rings. The van der Waals surface area contributed by atoms with E-state index in [1.54, 1.807) is 0 Å². The molecule has 0 aromatic rings. The molecule has 3 heteroatoms. The third-order valence-corrected chi connectivity index (χ3v) is 4.05. The molecule has 1 fully saturated rings. The fourth-order valence-corrected chi connectivity index (χ4v) is 3.28. The topological polar surface area (TPSA) is 12.5 Å². The van der Waals surface area contributed by atoms with Gasteiger partial charge in [0.2, 0.25) is 0 Å². The predicted molar refractivity (Wildman–Crippen MR) is 34.9 cm³/mol. The molecular weight excluding hydrogens is 142 g/mol. The van der Waals surface area contributed by atoms with Crippen molar-refractivity contribution in [2.75, 3.05) is 6.16 Å². The van der Waals surface area contributed by atoms with Gasteiger partial charge >= 0.3 is 0 Å². The van der Waals surface area contributed by atoms with Gasteiger partial charge in [-0.2, -0.15) is 0 Å². The van der Waals surface area contributed by atoms with Crippen molar-refractivity contribution in [3.8, 4) is 0 Å². The lowest BCUT2D eigenvalue weighted by Gasteiger charge is -1.99. The van der Waals surface area contributed by atoms with Crippen LogP contribution in [0.25, 0.3) is 0 Å². The van der Waals surface area contributed by atoms with Gasteiger partial charge < -0.3 is 4.52 Å². The minimum atomic E-state index is -0.129. The number of rotatable bonds is 0. The molecule has 8 heavy (non-hydrogen) atoms. The monoisotopic (exact) mass is 148 g/mol. The summed E-state index contributed by atoms with van der Waals surface area (Å²) in [6.07, 6.45) is 1.17. The van der Waals surface area contributed by atoms with E-state index in [-0.39, 0.29) is 8.15 Å². The standard InChI is InChI=1S/C5H6ClOP/c1-3-2-8-5(7-8)4(3)6/h3H,2H2,1H3. The molecule has 0 aromatic carbocycles. The molecule has 2 aliphatic heterocycles. The summed E-state index contributed by atoms with van der Waals surface area (Å²) in [6, 6.07) is 0. The van der Waals surface area contributed by atoms with Crippen LogP contribution in [0.3, 0.4) is 0 Å². The van der Waals surface area contributed by atoms with Gasteiger partial charge in [-0.05, 0) is 0 Å². The van der Waals surface area contributed by atoms with Crippen LogP contribution in [0.2, 0.25) is 0 Å². The van der Waals surface area contributed by atoms with Gasteiger partial charge in [0.05, 0.1) is 5.03 Å². The molecule has 1 saturated heterocycles. The van der Waals surface area contributed by atoms with Crippen molar-refractivity contribution in [2.24, 2.45) is 5.92 Å². The molecule has 2 atom stereocenters. The van der Waals surface area contributed by atoms with Gasteiger partial charge in [0, 0.05) is 12.1 Å². The highest BCUT2D eigenvalue weighted by atomic mass is 35.5. The smallest absolute Gasteiger partial charge is 0.177 e. The molecule has 0 aromatic heterocycles. The molecule has 2 heterocycles. The van der Waals surface area contributed by atoms with Crippen molar-refractivity contribution < 1.29 is 4.52 Å². The zero-order chi connectivity index (χ0) is 5.72. The normalized spacial score (nSPS) is 41.8. The van der Waals surface area contributed by atoms with E-state index >= 15 is 0 Å². The maximum atomic E-state index is 5.83. The van der Waals surface area contributed by atoms with Crippen LogP contribution in [0.1, 0.15) is 6.92 Å². The first kappa shape index (κ1) is 5.08. The van der Waals surface area contributed by atoms with E-state index in [4.69, 9.17) is 16.1 Å². The Morgan fingerprint density at radius 3 is 2.88 bits per heavy atom. The largest absolute Gasteiger partial charge is 0.461 e. The molecule has 44 valence electrons. The Balaban J connectivity index is 2.32. The zero-order valence-corrected chi connectivity index (χ0v) is 6.17. The number of fused-ring (bicyclic) bond motifs is 1. The first-order valence-electron chi connectivity index (χ1n) is 2.64. The van der Waals surface area contributed by atoms with Gasteiger partial charge in [0.15, 0.2) is 13.6 Å². The quantitative estimate of drug-likeness (QED) is 0.380. The first-order chi connectivity index (χ1) is 3.79. The Hall–Kier alpha value is 0.260. The number of allylic oxidation sites excluding steroid dienone is 1. The summed E-state index contributed by atoms with van der Waals surface area (Å²) in [5, 5.41) is 0.983. The summed E-state index contributed by atoms with van der Waals surface area (Å²) in [5.74, 6) is 0.589. The minimum absolute atomic E-state index is 0.129. The summed E-state index contributed by atoms with van der Waals surface area (Å²) < 4.78 is 5.15. The number of halogens is 1. The maximum absolute atomic E-state index is 5.83. The fraction of sp³-hybridized carbons (Fsp3) is 0.600. The second kappa shape index (κ2) is 1.40. The first-order valence-corrected chi connectivity index (χ1v) is 4.46. The Morgan fingerprint density at radius 1 is 1.88 bits per heavy atom. The van der Waals surface area contributed by atoms with Crippen LogP contribution in [0.5, 0.6) is 0 Å². The van der Waals surface area contributed by atoms with Gasteiger partial charge in [-0.3, -0.25) is 0 Å². The highest BCUT2D eigenvalue weighted by Gasteiger charge is 2.45. The van der Waals surface area contributed by atoms with Crippen LogP contribution in [0, 0.1) is 5.92 Å². The van der Waals surface area contributed by atoms with Crippen LogP contribution < -0.4 is 0 Å². The maximum Gasteiger partial charge on any atom is 0.177 e. The third kappa shape index (κ3) is 0.519. The SMILES string of the molecule is CC1CP2OC2=C1Cl. The summed E-state index contributed by atoms with van der Waals surface area (Å²) in [6.45, 7) is 2.15. The Labute approximate surface area is 54.5 Å². The van der Waals surface area contributed by atoms with Crippen molar-refractivity contribution in [3.63, 3.8) is 0 Å². The molecular formula is C5H6ClOP. The average molecular weight is 149 g/mol. The van der Waals surface area contributed by atoms with Crippen LogP contribution in [0.15, 0.2) is 10.5 Å². The van der Waals surface area contributed by atoms with Gasteiger partial charge in [-0.15, -0.1) is 0 Å². The van der Waals surface area contributed by atoms with Crippen LogP contribution in [-0.2, 0) is 4.52 Å². The molecule has 2 rings (SSSR count). The lowest BCUT2D eigenvalue weighted by molar-refractivity contribution is 0.601. The number of hydrogen-bond acceptors (Lipinski definition) is 1. The van der Waals surface area contributed by atoms with E-state index in [9.17, 15) is 0 Å². The second-order valence-electron chi connectivity index (χ2n) is 2.21. The van der Waals surface area contributed by atoms with E-state index in [0.717, 1.165) is 10.5 Å². The van der Waals surface area contributed by atoms with Gasteiger partial charge in [-0.25, -0.2) is 0 Å². The summed E-state index contributed by atoms with van der Waals surface area (Å²) in [4.78, 5) is 0. The summed E-state index contributed by atoms with van der Waals surface area (Å²) >= 11 is 5.83. The lowest BCUT2D eigenvalue weighted by atomic mass is 10.2. The average Bonchev–Trinajstić information content (AvgIpc) is 2.39. The third-order valence-electron chi connectivity index (χ3n) is 1.47. The predicted octanol–water partition coefficient (Wildman–Crippen LogP) is 2.47. The van der Waals surface area contributed by atoms with E-state index in [2.05, 4.69) is 6.92 Å².